The Balaban J connectivity index is 3.44. The predicted molar refractivity (Wildman–Crippen MR) is 67.7 cm³/mol. The van der Waals surface area contributed by atoms with E-state index in [9.17, 15) is 18.3 Å². The fourth-order valence-electron chi connectivity index (χ4n) is 1.76. The van der Waals surface area contributed by atoms with Gasteiger partial charge in [0.15, 0.2) is 6.10 Å². The highest BCUT2D eigenvalue weighted by molar-refractivity contribution is 6.30. The smallest absolute Gasteiger partial charge is 0.418 e. The first-order valence-electron chi connectivity index (χ1n) is 5.89. The number of rotatable bonds is 4. The molecule has 0 aliphatic heterocycles. The number of ether oxygens (including phenoxy) is 1. The molecule has 108 valence electrons. The Morgan fingerprint density at radius 1 is 1.26 bits per heavy atom. The number of benzene rings is 1. The van der Waals surface area contributed by atoms with E-state index in [1.807, 2.05) is 13.8 Å². The van der Waals surface area contributed by atoms with Crippen molar-refractivity contribution in [3.05, 3.63) is 28.3 Å². The molecule has 19 heavy (non-hydrogen) atoms. The summed E-state index contributed by atoms with van der Waals surface area (Å²) in [5.41, 5.74) is 0.207. The molecule has 6 heteroatoms. The molecule has 0 aliphatic rings. The Bertz CT molecular complexity index is 444. The molecule has 2 nitrogen and oxygen atoms in total. The third kappa shape index (κ3) is 3.76. The first-order chi connectivity index (χ1) is 8.68. The van der Waals surface area contributed by atoms with Crippen LogP contribution in [0.1, 0.15) is 43.9 Å². The molecular weight excluding hydrogens is 281 g/mol. The van der Waals surface area contributed by atoms with Crippen LogP contribution in [-0.4, -0.2) is 17.9 Å². The maximum Gasteiger partial charge on any atom is 0.418 e. The van der Waals surface area contributed by atoms with Crippen LogP contribution in [0.3, 0.4) is 0 Å². The zero-order chi connectivity index (χ0) is 14.8. The lowest BCUT2D eigenvalue weighted by Gasteiger charge is -2.22. The molecule has 0 amide bonds. The normalized spacial score (nSPS) is 13.7. The first-order valence-corrected chi connectivity index (χ1v) is 6.27. The molecule has 1 atom stereocenters. The maximum atomic E-state index is 12.7. The van der Waals surface area contributed by atoms with Crippen molar-refractivity contribution in [1.82, 2.24) is 0 Å². The lowest BCUT2D eigenvalue weighted by atomic mass is 9.96. The average Bonchev–Trinajstić information content (AvgIpc) is 2.28. The summed E-state index contributed by atoms with van der Waals surface area (Å²) in [4.78, 5) is 0. The van der Waals surface area contributed by atoms with Crippen LogP contribution in [-0.2, 0) is 0 Å². The molecule has 1 rings (SSSR count). The molecule has 0 fully saturated rings. The van der Waals surface area contributed by atoms with Gasteiger partial charge in [-0.15, -0.1) is 0 Å². The van der Waals surface area contributed by atoms with Crippen LogP contribution < -0.4 is 4.74 Å². The first kappa shape index (κ1) is 16.1. The van der Waals surface area contributed by atoms with E-state index in [0.717, 1.165) is 6.07 Å². The van der Waals surface area contributed by atoms with Gasteiger partial charge >= 0.3 is 6.18 Å². The van der Waals surface area contributed by atoms with Crippen molar-refractivity contribution in [1.29, 1.82) is 0 Å². The molecule has 0 heterocycles. The van der Waals surface area contributed by atoms with E-state index >= 15 is 0 Å². The zero-order valence-electron chi connectivity index (χ0n) is 10.9. The van der Waals surface area contributed by atoms with E-state index < -0.39 is 12.3 Å². The molecule has 0 spiro atoms. The van der Waals surface area contributed by atoms with Crippen LogP contribution in [0.15, 0.2) is 12.1 Å². The second-order valence-electron chi connectivity index (χ2n) is 4.45. The van der Waals surface area contributed by atoms with Gasteiger partial charge in [-0.05, 0) is 30.5 Å². The van der Waals surface area contributed by atoms with Crippen molar-refractivity contribution in [2.45, 2.75) is 39.0 Å². The van der Waals surface area contributed by atoms with Crippen molar-refractivity contribution in [2.24, 2.45) is 0 Å². The maximum absolute atomic E-state index is 12.7. The second-order valence-corrected chi connectivity index (χ2v) is 4.88. The molecule has 0 saturated heterocycles. The Morgan fingerprint density at radius 3 is 2.21 bits per heavy atom. The summed E-state index contributed by atoms with van der Waals surface area (Å²) >= 11 is 5.83. The highest BCUT2D eigenvalue weighted by atomic mass is 35.5. The van der Waals surface area contributed by atoms with Gasteiger partial charge in [-0.3, -0.25) is 0 Å². The van der Waals surface area contributed by atoms with Gasteiger partial charge in [-0.25, -0.2) is 0 Å². The summed E-state index contributed by atoms with van der Waals surface area (Å²) in [5, 5.41) is 9.58. The SMILES string of the molecule is CCOc1c(C(C)C)cc(Cl)cc1C(O)C(F)(F)F. The molecule has 1 N–H and O–H groups in total. The summed E-state index contributed by atoms with van der Waals surface area (Å²) in [6, 6.07) is 2.65. The molecule has 0 bridgehead atoms. The highest BCUT2D eigenvalue weighted by Gasteiger charge is 2.41. The summed E-state index contributed by atoms with van der Waals surface area (Å²) in [7, 11) is 0. The van der Waals surface area contributed by atoms with Gasteiger partial charge in [-0.2, -0.15) is 13.2 Å². The van der Waals surface area contributed by atoms with E-state index in [2.05, 4.69) is 0 Å². The summed E-state index contributed by atoms with van der Waals surface area (Å²) in [6.07, 6.45) is -7.37. The topological polar surface area (TPSA) is 29.5 Å². The fraction of sp³-hybridized carbons (Fsp3) is 0.538. The predicted octanol–water partition coefficient (Wildman–Crippen LogP) is 4.46. The van der Waals surface area contributed by atoms with E-state index in [0.29, 0.717) is 5.56 Å². The third-order valence-corrected chi connectivity index (χ3v) is 2.84. The molecule has 1 unspecified atom stereocenters. The average molecular weight is 297 g/mol. The van der Waals surface area contributed by atoms with Crippen molar-refractivity contribution in [2.75, 3.05) is 6.61 Å². The zero-order valence-corrected chi connectivity index (χ0v) is 11.6. The van der Waals surface area contributed by atoms with Crippen molar-refractivity contribution in [3.8, 4) is 5.75 Å². The standard InChI is InChI=1S/C13H16ClF3O2/c1-4-19-11-9(7(2)3)5-8(14)6-10(11)12(18)13(15,16)17/h5-7,12,18H,4H2,1-3H3. The van der Waals surface area contributed by atoms with Gasteiger partial charge in [-0.1, -0.05) is 25.4 Å². The largest absolute Gasteiger partial charge is 0.493 e. The van der Waals surface area contributed by atoms with Crippen LogP contribution in [0.4, 0.5) is 13.2 Å². The summed E-state index contributed by atoms with van der Waals surface area (Å²) < 4.78 is 43.3. The van der Waals surface area contributed by atoms with Gasteiger partial charge < -0.3 is 9.84 Å². The quantitative estimate of drug-likeness (QED) is 0.889. The van der Waals surface area contributed by atoms with E-state index in [1.54, 1.807) is 13.0 Å². The van der Waals surface area contributed by atoms with Crippen molar-refractivity contribution in [3.63, 3.8) is 0 Å². The van der Waals surface area contributed by atoms with Crippen LogP contribution >= 0.6 is 11.6 Å². The van der Waals surface area contributed by atoms with Crippen molar-refractivity contribution < 1.29 is 23.0 Å². The second kappa shape index (κ2) is 6.01. The molecule has 1 aromatic carbocycles. The molecule has 1 aromatic rings. The molecular formula is C13H16ClF3O2. The van der Waals surface area contributed by atoms with E-state index in [-0.39, 0.29) is 28.9 Å². The number of hydrogen-bond donors (Lipinski definition) is 1. The Hall–Kier alpha value is -0.940. The van der Waals surface area contributed by atoms with E-state index in [4.69, 9.17) is 16.3 Å². The van der Waals surface area contributed by atoms with Crippen molar-refractivity contribution >= 4 is 11.6 Å². The monoisotopic (exact) mass is 296 g/mol. The summed E-state index contributed by atoms with van der Waals surface area (Å²) in [5.74, 6) is -0.00819. The highest BCUT2D eigenvalue weighted by Crippen LogP contribution is 2.42. The summed E-state index contributed by atoms with van der Waals surface area (Å²) in [6.45, 7) is 5.51. The van der Waals surface area contributed by atoms with Gasteiger partial charge in [0.1, 0.15) is 5.75 Å². The molecule has 0 aromatic heterocycles. The van der Waals surface area contributed by atoms with E-state index in [1.165, 1.54) is 0 Å². The van der Waals surface area contributed by atoms with Crippen LogP contribution in [0, 0.1) is 0 Å². The number of aliphatic hydroxyl groups is 1. The van der Waals surface area contributed by atoms with Gasteiger partial charge in [0.2, 0.25) is 0 Å². The number of hydrogen-bond acceptors (Lipinski definition) is 2. The van der Waals surface area contributed by atoms with Crippen LogP contribution in [0.25, 0.3) is 0 Å². The number of alkyl halides is 3. The lowest BCUT2D eigenvalue weighted by Crippen LogP contribution is -2.21. The Kier molecular flexibility index (Phi) is 5.10. The van der Waals surface area contributed by atoms with Crippen LogP contribution in [0.5, 0.6) is 5.75 Å². The fourth-order valence-corrected chi connectivity index (χ4v) is 1.99. The van der Waals surface area contributed by atoms with Crippen LogP contribution in [0.2, 0.25) is 5.02 Å². The number of halogens is 4. The molecule has 0 aliphatic carbocycles. The molecule has 0 radical (unpaired) electrons. The minimum atomic E-state index is -4.76. The number of aliphatic hydroxyl groups excluding tert-OH is 1. The van der Waals surface area contributed by atoms with Gasteiger partial charge in [0.25, 0.3) is 0 Å². The minimum absolute atomic E-state index is 0.0618. The Labute approximate surface area is 115 Å². The molecule has 0 saturated carbocycles. The van der Waals surface area contributed by atoms with Gasteiger partial charge in [0, 0.05) is 10.6 Å². The van der Waals surface area contributed by atoms with Gasteiger partial charge in [0.05, 0.1) is 6.61 Å². The third-order valence-electron chi connectivity index (χ3n) is 2.63. The minimum Gasteiger partial charge on any atom is -0.493 e. The lowest BCUT2D eigenvalue weighted by molar-refractivity contribution is -0.207. The Morgan fingerprint density at radius 2 is 1.79 bits per heavy atom.